The van der Waals surface area contributed by atoms with Crippen LogP contribution in [0.4, 0.5) is 0 Å². The van der Waals surface area contributed by atoms with Crippen LogP contribution in [0.1, 0.15) is 22.3 Å². The SMILES string of the molecule is Cc1c(C#N)cc(CO)cc1C#N. The van der Waals surface area contributed by atoms with Gasteiger partial charge in [0.25, 0.3) is 0 Å². The second kappa shape index (κ2) is 3.71. The van der Waals surface area contributed by atoms with Gasteiger partial charge >= 0.3 is 0 Å². The van der Waals surface area contributed by atoms with E-state index in [9.17, 15) is 0 Å². The highest BCUT2D eigenvalue weighted by Crippen LogP contribution is 2.15. The molecule has 0 radical (unpaired) electrons. The minimum absolute atomic E-state index is 0.149. The molecule has 0 aliphatic rings. The average Bonchev–Trinajstić information content (AvgIpc) is 2.18. The molecule has 0 aliphatic carbocycles. The average molecular weight is 172 g/mol. The number of nitriles is 2. The van der Waals surface area contributed by atoms with E-state index in [-0.39, 0.29) is 6.61 Å². The van der Waals surface area contributed by atoms with Gasteiger partial charge in [0, 0.05) is 0 Å². The summed E-state index contributed by atoms with van der Waals surface area (Å²) in [5.74, 6) is 0. The van der Waals surface area contributed by atoms with E-state index in [0.717, 1.165) is 0 Å². The summed E-state index contributed by atoms with van der Waals surface area (Å²) >= 11 is 0. The molecule has 0 saturated heterocycles. The zero-order chi connectivity index (χ0) is 9.84. The quantitative estimate of drug-likeness (QED) is 0.692. The maximum atomic E-state index is 8.85. The molecule has 1 aromatic rings. The highest BCUT2D eigenvalue weighted by atomic mass is 16.3. The first-order valence-corrected chi connectivity index (χ1v) is 3.77. The van der Waals surface area contributed by atoms with Crippen molar-refractivity contribution in [3.8, 4) is 12.1 Å². The number of hydrogen-bond acceptors (Lipinski definition) is 3. The van der Waals surface area contributed by atoms with Gasteiger partial charge in [-0.1, -0.05) is 0 Å². The van der Waals surface area contributed by atoms with Crippen LogP contribution in [0.25, 0.3) is 0 Å². The summed E-state index contributed by atoms with van der Waals surface area (Å²) in [6.45, 7) is 1.57. The molecule has 0 bridgehead atoms. The van der Waals surface area contributed by atoms with Gasteiger partial charge in [0.15, 0.2) is 0 Å². The van der Waals surface area contributed by atoms with Crippen LogP contribution in [0.15, 0.2) is 12.1 Å². The molecule has 0 aromatic heterocycles. The zero-order valence-electron chi connectivity index (χ0n) is 7.20. The van der Waals surface area contributed by atoms with Gasteiger partial charge in [-0.2, -0.15) is 10.5 Å². The molecule has 0 heterocycles. The Morgan fingerprint density at radius 3 is 2.00 bits per heavy atom. The van der Waals surface area contributed by atoms with E-state index >= 15 is 0 Å². The maximum absolute atomic E-state index is 8.85. The fourth-order valence-electron chi connectivity index (χ4n) is 1.10. The van der Waals surface area contributed by atoms with Gasteiger partial charge in [0.2, 0.25) is 0 Å². The van der Waals surface area contributed by atoms with Crippen molar-refractivity contribution in [2.24, 2.45) is 0 Å². The monoisotopic (exact) mass is 172 g/mol. The Bertz CT molecular complexity index is 375. The molecule has 0 unspecified atom stereocenters. The summed E-state index contributed by atoms with van der Waals surface area (Å²) in [6, 6.07) is 7.15. The Morgan fingerprint density at radius 2 is 1.69 bits per heavy atom. The van der Waals surface area contributed by atoms with Crippen molar-refractivity contribution < 1.29 is 5.11 Å². The molecule has 0 spiro atoms. The van der Waals surface area contributed by atoms with E-state index in [4.69, 9.17) is 15.6 Å². The highest BCUT2D eigenvalue weighted by molar-refractivity contribution is 5.49. The lowest BCUT2D eigenvalue weighted by molar-refractivity contribution is 0.282. The Hall–Kier alpha value is -1.84. The predicted octanol–water partition coefficient (Wildman–Crippen LogP) is 1.23. The third kappa shape index (κ3) is 1.66. The van der Waals surface area contributed by atoms with Gasteiger partial charge in [0.1, 0.15) is 0 Å². The van der Waals surface area contributed by atoms with Gasteiger partial charge in [0.05, 0.1) is 29.9 Å². The fraction of sp³-hybridized carbons (Fsp3) is 0.200. The third-order valence-corrected chi connectivity index (χ3v) is 1.89. The van der Waals surface area contributed by atoms with Crippen LogP contribution in [0.3, 0.4) is 0 Å². The van der Waals surface area contributed by atoms with E-state index in [1.54, 1.807) is 19.1 Å². The second-order valence-electron chi connectivity index (χ2n) is 2.70. The van der Waals surface area contributed by atoms with Gasteiger partial charge in [-0.3, -0.25) is 0 Å². The number of hydrogen-bond donors (Lipinski definition) is 1. The fourth-order valence-corrected chi connectivity index (χ4v) is 1.10. The molecular weight excluding hydrogens is 164 g/mol. The molecule has 13 heavy (non-hydrogen) atoms. The maximum Gasteiger partial charge on any atom is 0.0994 e. The van der Waals surface area contributed by atoms with Crippen LogP contribution >= 0.6 is 0 Å². The minimum Gasteiger partial charge on any atom is -0.392 e. The summed E-state index contributed by atoms with van der Waals surface area (Å²) in [5, 5.41) is 26.3. The number of benzene rings is 1. The minimum atomic E-state index is -0.149. The molecular formula is C10H8N2O. The molecule has 0 atom stereocenters. The first-order valence-electron chi connectivity index (χ1n) is 3.77. The van der Waals surface area contributed by atoms with Crippen molar-refractivity contribution in [2.45, 2.75) is 13.5 Å². The molecule has 3 heteroatoms. The first-order chi connectivity index (χ1) is 6.22. The highest BCUT2D eigenvalue weighted by Gasteiger charge is 2.05. The first kappa shape index (κ1) is 9.25. The number of aliphatic hydroxyl groups is 1. The Balaban J connectivity index is 3.42. The van der Waals surface area contributed by atoms with E-state index in [2.05, 4.69) is 0 Å². The standard InChI is InChI=1S/C10H8N2O/c1-7-9(4-11)2-8(6-13)3-10(7)5-12/h2-3,13H,6H2,1H3. The van der Waals surface area contributed by atoms with Crippen molar-refractivity contribution in [3.63, 3.8) is 0 Å². The Kier molecular flexibility index (Phi) is 2.64. The summed E-state index contributed by atoms with van der Waals surface area (Å²) in [7, 11) is 0. The Morgan fingerprint density at radius 1 is 1.23 bits per heavy atom. The molecule has 0 aliphatic heterocycles. The molecule has 0 fully saturated rings. The topological polar surface area (TPSA) is 67.8 Å². The molecule has 0 saturated carbocycles. The molecule has 1 aromatic carbocycles. The predicted molar refractivity (Wildman–Crippen MR) is 46.5 cm³/mol. The van der Waals surface area contributed by atoms with Crippen LogP contribution in [-0.2, 0) is 6.61 Å². The van der Waals surface area contributed by atoms with Crippen LogP contribution in [-0.4, -0.2) is 5.11 Å². The van der Waals surface area contributed by atoms with Crippen LogP contribution < -0.4 is 0 Å². The zero-order valence-corrected chi connectivity index (χ0v) is 7.20. The van der Waals surface area contributed by atoms with Crippen LogP contribution in [0, 0.1) is 29.6 Å². The lowest BCUT2D eigenvalue weighted by Crippen LogP contribution is -1.93. The molecule has 1 N–H and O–H groups in total. The molecule has 1 rings (SSSR count). The molecule has 64 valence electrons. The smallest absolute Gasteiger partial charge is 0.0994 e. The molecule has 0 amide bonds. The molecule has 3 nitrogen and oxygen atoms in total. The third-order valence-electron chi connectivity index (χ3n) is 1.89. The van der Waals surface area contributed by atoms with E-state index < -0.39 is 0 Å². The van der Waals surface area contributed by atoms with E-state index in [0.29, 0.717) is 22.3 Å². The van der Waals surface area contributed by atoms with E-state index in [1.807, 2.05) is 12.1 Å². The lowest BCUT2D eigenvalue weighted by Gasteiger charge is -2.02. The summed E-state index contributed by atoms with van der Waals surface area (Å²) in [6.07, 6.45) is 0. The van der Waals surface area contributed by atoms with Gasteiger partial charge < -0.3 is 5.11 Å². The summed E-state index contributed by atoms with van der Waals surface area (Å²) < 4.78 is 0. The van der Waals surface area contributed by atoms with E-state index in [1.165, 1.54) is 0 Å². The van der Waals surface area contributed by atoms with Crippen molar-refractivity contribution in [3.05, 3.63) is 34.4 Å². The van der Waals surface area contributed by atoms with Gasteiger partial charge in [-0.15, -0.1) is 0 Å². The number of nitrogens with zero attached hydrogens (tertiary/aromatic N) is 2. The number of aliphatic hydroxyl groups excluding tert-OH is 1. The van der Waals surface area contributed by atoms with Crippen molar-refractivity contribution >= 4 is 0 Å². The lowest BCUT2D eigenvalue weighted by atomic mass is 10.0. The van der Waals surface area contributed by atoms with Crippen LogP contribution in [0.2, 0.25) is 0 Å². The second-order valence-corrected chi connectivity index (χ2v) is 2.70. The van der Waals surface area contributed by atoms with Crippen molar-refractivity contribution in [2.75, 3.05) is 0 Å². The van der Waals surface area contributed by atoms with Gasteiger partial charge in [-0.05, 0) is 30.2 Å². The normalized spacial score (nSPS) is 8.92. The Labute approximate surface area is 76.5 Å². The number of rotatable bonds is 1. The van der Waals surface area contributed by atoms with Crippen molar-refractivity contribution in [1.29, 1.82) is 10.5 Å². The van der Waals surface area contributed by atoms with Crippen molar-refractivity contribution in [1.82, 2.24) is 0 Å². The summed E-state index contributed by atoms with van der Waals surface area (Å²) in [4.78, 5) is 0. The largest absolute Gasteiger partial charge is 0.392 e. The summed E-state index contributed by atoms with van der Waals surface area (Å²) in [5.41, 5.74) is 2.16. The van der Waals surface area contributed by atoms with Crippen LogP contribution in [0.5, 0.6) is 0 Å². The van der Waals surface area contributed by atoms with Gasteiger partial charge in [-0.25, -0.2) is 0 Å².